The fraction of sp³-hybridized carbons (Fsp3) is 0.720. The van der Waals surface area contributed by atoms with Gasteiger partial charge in [0.25, 0.3) is 0 Å². The van der Waals surface area contributed by atoms with Crippen LogP contribution in [-0.2, 0) is 9.53 Å². The minimum absolute atomic E-state index is 0.0370. The van der Waals surface area contributed by atoms with E-state index in [2.05, 4.69) is 14.7 Å². The van der Waals surface area contributed by atoms with Crippen molar-refractivity contribution < 1.29 is 19.0 Å². The number of aromatic hydroxyl groups is 1. The second-order valence-electron chi connectivity index (χ2n) is 9.52. The molecule has 0 spiro atoms. The van der Waals surface area contributed by atoms with E-state index in [-0.39, 0.29) is 11.8 Å². The van der Waals surface area contributed by atoms with Crippen LogP contribution < -0.4 is 0 Å². The van der Waals surface area contributed by atoms with Crippen LogP contribution in [0.4, 0.5) is 4.39 Å². The van der Waals surface area contributed by atoms with Gasteiger partial charge in [0.1, 0.15) is 11.6 Å². The normalized spacial score (nSPS) is 26.2. The van der Waals surface area contributed by atoms with E-state index in [0.717, 1.165) is 77.2 Å². The maximum atomic E-state index is 13.2. The Kier molecular flexibility index (Phi) is 8.38. The van der Waals surface area contributed by atoms with Gasteiger partial charge in [-0.05, 0) is 63.6 Å². The monoisotopic (exact) mass is 447 g/mol. The molecule has 178 valence electrons. The van der Waals surface area contributed by atoms with Crippen LogP contribution in [0.25, 0.3) is 0 Å². The second kappa shape index (κ2) is 11.4. The minimum atomic E-state index is -0.412. The summed E-state index contributed by atoms with van der Waals surface area (Å²) in [4.78, 5) is 20.5. The summed E-state index contributed by atoms with van der Waals surface area (Å²) < 4.78 is 17.5. The molecule has 4 aliphatic rings. The van der Waals surface area contributed by atoms with Crippen molar-refractivity contribution in [3.8, 4) is 5.75 Å². The third-order valence-electron chi connectivity index (χ3n) is 7.48. The lowest BCUT2D eigenvalue weighted by Crippen LogP contribution is -2.51. The van der Waals surface area contributed by atoms with Gasteiger partial charge in [0.2, 0.25) is 5.91 Å². The molecule has 0 bridgehead atoms. The molecule has 1 amide bonds. The van der Waals surface area contributed by atoms with Crippen LogP contribution >= 0.6 is 0 Å². The Morgan fingerprint density at radius 2 is 1.72 bits per heavy atom. The largest absolute Gasteiger partial charge is 0.508 e. The van der Waals surface area contributed by atoms with Gasteiger partial charge in [-0.25, -0.2) is 4.39 Å². The van der Waals surface area contributed by atoms with Gasteiger partial charge >= 0.3 is 0 Å². The summed E-state index contributed by atoms with van der Waals surface area (Å²) in [5.41, 5.74) is 0. The molecule has 4 fully saturated rings. The maximum absolute atomic E-state index is 13.2. The highest BCUT2D eigenvalue weighted by Gasteiger charge is 2.38. The van der Waals surface area contributed by atoms with Gasteiger partial charge in [-0.15, -0.1) is 0 Å². The zero-order chi connectivity index (χ0) is 22.3. The quantitative estimate of drug-likeness (QED) is 0.771. The van der Waals surface area contributed by atoms with Crippen molar-refractivity contribution in [2.75, 3.05) is 45.9 Å². The van der Waals surface area contributed by atoms with E-state index in [1.54, 1.807) is 0 Å². The molecule has 3 saturated heterocycles. The topological polar surface area (TPSA) is 56.2 Å². The first-order chi connectivity index (χ1) is 15.6. The molecule has 1 N–H and O–H groups in total. The van der Waals surface area contributed by atoms with Crippen LogP contribution in [0, 0.1) is 5.82 Å². The van der Waals surface area contributed by atoms with Gasteiger partial charge in [-0.2, -0.15) is 0 Å². The number of carbonyl (C=O) groups is 1. The number of amides is 1. The fourth-order valence-electron chi connectivity index (χ4n) is 5.47. The van der Waals surface area contributed by atoms with Crippen molar-refractivity contribution in [1.82, 2.24) is 14.7 Å². The summed E-state index contributed by atoms with van der Waals surface area (Å²) in [5, 5.41) is 8.57. The van der Waals surface area contributed by atoms with Gasteiger partial charge in [0.05, 0.1) is 6.04 Å². The van der Waals surface area contributed by atoms with Crippen LogP contribution in [-0.4, -0.2) is 89.8 Å². The van der Waals surface area contributed by atoms with Crippen LogP contribution in [0.15, 0.2) is 24.3 Å². The predicted octanol–water partition coefficient (Wildman–Crippen LogP) is 3.25. The van der Waals surface area contributed by atoms with E-state index in [9.17, 15) is 9.18 Å². The van der Waals surface area contributed by atoms with E-state index in [1.165, 1.54) is 50.4 Å². The summed E-state index contributed by atoms with van der Waals surface area (Å²) in [6.45, 7) is 6.99. The Labute approximate surface area is 191 Å². The van der Waals surface area contributed by atoms with Gasteiger partial charge in [-0.1, -0.05) is 12.5 Å². The lowest BCUT2D eigenvalue weighted by atomic mass is 9.91. The number of halogens is 1. The van der Waals surface area contributed by atoms with Gasteiger partial charge in [-0.3, -0.25) is 14.6 Å². The average molecular weight is 448 g/mol. The number of rotatable bonds is 3. The molecule has 1 saturated carbocycles. The molecule has 0 radical (unpaired) electrons. The zero-order valence-corrected chi connectivity index (χ0v) is 19.1. The summed E-state index contributed by atoms with van der Waals surface area (Å²) in [6, 6.07) is 6.72. The van der Waals surface area contributed by atoms with Crippen LogP contribution in [0.1, 0.15) is 51.4 Å². The highest BCUT2D eigenvalue weighted by molar-refractivity contribution is 5.82. The Hall–Kier alpha value is -1.70. The van der Waals surface area contributed by atoms with Crippen LogP contribution in [0.5, 0.6) is 5.75 Å². The molecule has 32 heavy (non-hydrogen) atoms. The first kappa shape index (κ1) is 23.5. The number of likely N-dealkylation sites (tertiary alicyclic amines) is 1. The Balaban J connectivity index is 0.000000260. The zero-order valence-electron chi connectivity index (χ0n) is 19.1. The fourth-order valence-corrected chi connectivity index (χ4v) is 5.47. The van der Waals surface area contributed by atoms with Crippen molar-refractivity contribution in [3.05, 3.63) is 30.1 Å². The second-order valence-corrected chi connectivity index (χ2v) is 9.52. The molecule has 1 aromatic carbocycles. The number of ether oxygens (including phenoxy) is 1. The highest BCUT2D eigenvalue weighted by atomic mass is 19.1. The van der Waals surface area contributed by atoms with E-state index >= 15 is 0 Å². The number of nitrogens with zero attached hydrogens (tertiary/aromatic N) is 3. The molecule has 3 heterocycles. The van der Waals surface area contributed by atoms with Crippen molar-refractivity contribution in [3.63, 3.8) is 0 Å². The first-order valence-electron chi connectivity index (χ1n) is 12.4. The number of phenolic OH excluding ortho intramolecular Hbond substituents is 1. The van der Waals surface area contributed by atoms with Gasteiger partial charge in [0, 0.05) is 57.5 Å². The smallest absolute Gasteiger partial charge is 0.239 e. The third kappa shape index (κ3) is 6.00. The molecule has 6 nitrogen and oxygen atoms in total. The lowest BCUT2D eigenvalue weighted by Gasteiger charge is -2.37. The van der Waals surface area contributed by atoms with E-state index < -0.39 is 5.82 Å². The molecule has 0 aromatic heterocycles. The third-order valence-corrected chi connectivity index (χ3v) is 7.48. The average Bonchev–Trinajstić information content (AvgIpc) is 3.13. The summed E-state index contributed by atoms with van der Waals surface area (Å²) >= 11 is 0. The lowest BCUT2D eigenvalue weighted by molar-refractivity contribution is -0.137. The standard InChI is InChI=1S/C19H33N3O2.C6H5FO/c23-19(18-6-2-11-22(18)17-7-14-24-15-8-17)21-10-3-9-20(12-13-21)16-4-1-5-16;7-5-2-1-3-6(8)4-5/h16-18H,1-15H2;1-4,8H/t18-;/m1./s1. The highest BCUT2D eigenvalue weighted by Crippen LogP contribution is 2.28. The summed E-state index contributed by atoms with van der Waals surface area (Å²) in [7, 11) is 0. The van der Waals surface area contributed by atoms with Crippen LogP contribution in [0.2, 0.25) is 0 Å². The van der Waals surface area contributed by atoms with E-state index in [1.807, 2.05) is 0 Å². The van der Waals surface area contributed by atoms with Crippen molar-refractivity contribution in [1.29, 1.82) is 0 Å². The molecule has 1 atom stereocenters. The first-order valence-corrected chi connectivity index (χ1v) is 12.4. The summed E-state index contributed by atoms with van der Waals surface area (Å²) in [6.07, 6.45) is 9.70. The molecular formula is C25H38FN3O3. The number of hydrogen-bond donors (Lipinski definition) is 1. The van der Waals surface area contributed by atoms with Crippen LogP contribution in [0.3, 0.4) is 0 Å². The van der Waals surface area contributed by atoms with Crippen molar-refractivity contribution in [2.45, 2.75) is 69.5 Å². The number of phenols is 1. The Morgan fingerprint density at radius 3 is 2.38 bits per heavy atom. The maximum Gasteiger partial charge on any atom is 0.239 e. The molecule has 5 rings (SSSR count). The SMILES string of the molecule is O=C([C@H]1CCCN1C1CCOCC1)N1CCCN(C2CCC2)CC1.Oc1cccc(F)c1. The molecule has 1 aliphatic carbocycles. The molecule has 7 heteroatoms. The molecular weight excluding hydrogens is 409 g/mol. The number of carbonyl (C=O) groups excluding carboxylic acids is 1. The molecule has 0 unspecified atom stereocenters. The Morgan fingerprint density at radius 1 is 0.906 bits per heavy atom. The Bertz CT molecular complexity index is 722. The number of hydrogen-bond acceptors (Lipinski definition) is 5. The van der Waals surface area contributed by atoms with Crippen molar-refractivity contribution in [2.24, 2.45) is 0 Å². The minimum Gasteiger partial charge on any atom is -0.508 e. The molecule has 3 aliphatic heterocycles. The van der Waals surface area contributed by atoms with Gasteiger partial charge in [0.15, 0.2) is 0 Å². The predicted molar refractivity (Wildman–Crippen MR) is 122 cm³/mol. The van der Waals surface area contributed by atoms with Crippen molar-refractivity contribution >= 4 is 5.91 Å². The summed E-state index contributed by atoms with van der Waals surface area (Å²) in [5.74, 6) is -0.0375. The van der Waals surface area contributed by atoms with E-state index in [4.69, 9.17) is 9.84 Å². The van der Waals surface area contributed by atoms with Gasteiger partial charge < -0.3 is 14.7 Å². The van der Waals surface area contributed by atoms with E-state index in [0.29, 0.717) is 11.9 Å². The molecule has 1 aromatic rings. The number of benzene rings is 1.